The Morgan fingerprint density at radius 3 is 3.08 bits per heavy atom. The lowest BCUT2D eigenvalue weighted by Gasteiger charge is -1.96. The van der Waals surface area contributed by atoms with Gasteiger partial charge in [-0.05, 0) is 18.9 Å². The van der Waals surface area contributed by atoms with E-state index < -0.39 is 0 Å². The lowest BCUT2D eigenvalue weighted by molar-refractivity contribution is 0.0975. The molecule has 0 bridgehead atoms. The zero-order valence-electron chi connectivity index (χ0n) is 7.44. The topological polar surface area (TPSA) is 42.9 Å². The first-order valence-corrected chi connectivity index (χ1v) is 4.24. The molecular formula is C10H12N2O. The minimum absolute atomic E-state index is 0.0734. The lowest BCUT2D eigenvalue weighted by atomic mass is 10.1. The molecule has 3 heteroatoms. The summed E-state index contributed by atoms with van der Waals surface area (Å²) in [5.74, 6) is 0.0734. The normalized spacial score (nSPS) is 9.54. The number of allylic oxidation sites excluding steroid dienone is 1. The highest BCUT2D eigenvalue weighted by molar-refractivity contribution is 5.93. The van der Waals surface area contributed by atoms with Crippen LogP contribution in [-0.4, -0.2) is 15.8 Å². The van der Waals surface area contributed by atoms with Crippen molar-refractivity contribution in [3.63, 3.8) is 0 Å². The monoisotopic (exact) mass is 176 g/mol. The van der Waals surface area contributed by atoms with Gasteiger partial charge >= 0.3 is 0 Å². The molecule has 0 aliphatic rings. The van der Waals surface area contributed by atoms with E-state index in [9.17, 15) is 4.79 Å². The molecular weight excluding hydrogens is 164 g/mol. The Kier molecular flexibility index (Phi) is 3.82. The van der Waals surface area contributed by atoms with Crippen molar-refractivity contribution in [3.05, 3.63) is 36.9 Å². The predicted molar refractivity (Wildman–Crippen MR) is 50.4 cm³/mol. The average Bonchev–Trinajstić information content (AvgIpc) is 2.19. The van der Waals surface area contributed by atoms with Gasteiger partial charge in [-0.3, -0.25) is 4.79 Å². The van der Waals surface area contributed by atoms with Crippen molar-refractivity contribution >= 4 is 5.78 Å². The summed E-state index contributed by atoms with van der Waals surface area (Å²) < 4.78 is 0. The van der Waals surface area contributed by atoms with Gasteiger partial charge < -0.3 is 0 Å². The number of hydrogen-bond acceptors (Lipinski definition) is 3. The highest BCUT2D eigenvalue weighted by Gasteiger charge is 2.04. The molecule has 1 rings (SSSR count). The lowest BCUT2D eigenvalue weighted by Crippen LogP contribution is -2.01. The van der Waals surface area contributed by atoms with Crippen molar-refractivity contribution in [2.75, 3.05) is 0 Å². The quantitative estimate of drug-likeness (QED) is 0.391. The third-order valence-corrected chi connectivity index (χ3v) is 1.68. The first-order chi connectivity index (χ1) is 6.34. The van der Waals surface area contributed by atoms with E-state index in [1.807, 2.05) is 6.08 Å². The van der Waals surface area contributed by atoms with E-state index in [-0.39, 0.29) is 5.78 Å². The van der Waals surface area contributed by atoms with Crippen molar-refractivity contribution < 1.29 is 4.79 Å². The smallest absolute Gasteiger partial charge is 0.181 e. The van der Waals surface area contributed by atoms with Crippen LogP contribution < -0.4 is 0 Å². The van der Waals surface area contributed by atoms with Crippen LogP contribution in [0.3, 0.4) is 0 Å². The molecule has 0 saturated carbocycles. The van der Waals surface area contributed by atoms with Gasteiger partial charge in [-0.2, -0.15) is 0 Å². The summed E-state index contributed by atoms with van der Waals surface area (Å²) in [5, 5.41) is 0. The van der Waals surface area contributed by atoms with Crippen molar-refractivity contribution in [2.24, 2.45) is 0 Å². The molecule has 0 spiro atoms. The number of nitrogens with zero attached hydrogens (tertiary/aromatic N) is 2. The van der Waals surface area contributed by atoms with Gasteiger partial charge in [0.05, 0.1) is 0 Å². The van der Waals surface area contributed by atoms with Crippen LogP contribution in [0.25, 0.3) is 0 Å². The van der Waals surface area contributed by atoms with Gasteiger partial charge in [0.2, 0.25) is 0 Å². The molecule has 0 aliphatic carbocycles. The fourth-order valence-electron chi connectivity index (χ4n) is 0.991. The highest BCUT2D eigenvalue weighted by Crippen LogP contribution is 2.03. The third-order valence-electron chi connectivity index (χ3n) is 1.68. The molecule has 13 heavy (non-hydrogen) atoms. The number of unbranched alkanes of at least 4 members (excludes halogenated alkanes) is 1. The minimum atomic E-state index is 0.0734. The maximum absolute atomic E-state index is 11.4. The van der Waals surface area contributed by atoms with E-state index in [1.54, 1.807) is 12.3 Å². The number of rotatable bonds is 5. The summed E-state index contributed by atoms with van der Waals surface area (Å²) >= 11 is 0. The molecule has 1 aromatic heterocycles. The second-order valence-electron chi connectivity index (χ2n) is 2.70. The fraction of sp³-hybridized carbons (Fsp3) is 0.300. The molecule has 0 aromatic carbocycles. The molecule has 0 unspecified atom stereocenters. The molecule has 68 valence electrons. The van der Waals surface area contributed by atoms with Crippen molar-refractivity contribution in [1.82, 2.24) is 9.97 Å². The Bertz CT molecular complexity index is 282. The van der Waals surface area contributed by atoms with Crippen LogP contribution in [0, 0.1) is 0 Å². The molecule has 1 heterocycles. The van der Waals surface area contributed by atoms with Crippen LogP contribution in [0.2, 0.25) is 0 Å². The Morgan fingerprint density at radius 1 is 1.62 bits per heavy atom. The van der Waals surface area contributed by atoms with E-state index in [0.29, 0.717) is 12.1 Å². The van der Waals surface area contributed by atoms with Gasteiger partial charge in [0, 0.05) is 12.6 Å². The number of Topliss-reactive ketones (excluding diaryl/α,β-unsaturated/α-hetero) is 1. The number of hydrogen-bond donors (Lipinski definition) is 0. The molecule has 0 aliphatic heterocycles. The standard InChI is InChI=1S/C10H12N2O/c1-2-3-4-5-10(13)9-6-7-11-8-12-9/h2,6-8H,1,3-5H2. The van der Waals surface area contributed by atoms with E-state index >= 15 is 0 Å². The van der Waals surface area contributed by atoms with E-state index in [2.05, 4.69) is 16.5 Å². The molecule has 0 amide bonds. The summed E-state index contributed by atoms with van der Waals surface area (Å²) in [4.78, 5) is 19.0. The summed E-state index contributed by atoms with van der Waals surface area (Å²) in [5.41, 5.74) is 0.499. The largest absolute Gasteiger partial charge is 0.292 e. The van der Waals surface area contributed by atoms with Gasteiger partial charge in [-0.15, -0.1) is 6.58 Å². The van der Waals surface area contributed by atoms with Crippen molar-refractivity contribution in [3.8, 4) is 0 Å². The van der Waals surface area contributed by atoms with E-state index in [1.165, 1.54) is 6.33 Å². The van der Waals surface area contributed by atoms with Crippen LogP contribution >= 0.6 is 0 Å². The Hall–Kier alpha value is -1.51. The zero-order valence-corrected chi connectivity index (χ0v) is 7.44. The molecule has 1 aromatic rings. The summed E-state index contributed by atoms with van der Waals surface area (Å²) in [7, 11) is 0. The third kappa shape index (κ3) is 3.15. The van der Waals surface area contributed by atoms with Crippen LogP contribution in [0.4, 0.5) is 0 Å². The molecule has 3 nitrogen and oxygen atoms in total. The Balaban J connectivity index is 2.45. The number of ketones is 1. The van der Waals surface area contributed by atoms with E-state index in [4.69, 9.17) is 0 Å². The van der Waals surface area contributed by atoms with Gasteiger partial charge in [-0.25, -0.2) is 9.97 Å². The number of carbonyl (C=O) groups is 1. The second kappa shape index (κ2) is 5.19. The molecule has 0 atom stereocenters. The van der Waals surface area contributed by atoms with Crippen LogP contribution in [-0.2, 0) is 0 Å². The maximum atomic E-state index is 11.4. The van der Waals surface area contributed by atoms with Gasteiger partial charge in [0.15, 0.2) is 5.78 Å². The molecule has 0 saturated heterocycles. The van der Waals surface area contributed by atoms with Crippen LogP contribution in [0.5, 0.6) is 0 Å². The molecule has 0 radical (unpaired) electrons. The first-order valence-electron chi connectivity index (χ1n) is 4.24. The van der Waals surface area contributed by atoms with Crippen LogP contribution in [0.15, 0.2) is 31.2 Å². The number of carbonyl (C=O) groups excluding carboxylic acids is 1. The van der Waals surface area contributed by atoms with Crippen LogP contribution in [0.1, 0.15) is 29.8 Å². The Labute approximate surface area is 77.5 Å². The van der Waals surface area contributed by atoms with Gasteiger partial charge in [-0.1, -0.05) is 6.08 Å². The summed E-state index contributed by atoms with van der Waals surface area (Å²) in [6.45, 7) is 3.59. The minimum Gasteiger partial charge on any atom is -0.292 e. The van der Waals surface area contributed by atoms with Crippen molar-refractivity contribution in [1.29, 1.82) is 0 Å². The zero-order chi connectivity index (χ0) is 9.52. The van der Waals surface area contributed by atoms with E-state index in [0.717, 1.165) is 12.8 Å². The average molecular weight is 176 g/mol. The first kappa shape index (κ1) is 9.58. The SMILES string of the molecule is C=CCCCC(=O)c1ccncn1. The Morgan fingerprint density at radius 2 is 2.46 bits per heavy atom. The molecule has 0 fully saturated rings. The number of aromatic nitrogens is 2. The summed E-state index contributed by atoms with van der Waals surface area (Å²) in [6.07, 6.45) is 7.02. The van der Waals surface area contributed by atoms with Crippen molar-refractivity contribution in [2.45, 2.75) is 19.3 Å². The summed E-state index contributed by atoms with van der Waals surface area (Å²) in [6, 6.07) is 1.64. The second-order valence-corrected chi connectivity index (χ2v) is 2.70. The maximum Gasteiger partial charge on any atom is 0.181 e. The highest BCUT2D eigenvalue weighted by atomic mass is 16.1. The van der Waals surface area contributed by atoms with Gasteiger partial charge in [0.25, 0.3) is 0 Å². The predicted octanol–water partition coefficient (Wildman–Crippen LogP) is 2.02. The molecule has 0 N–H and O–H groups in total. The fourth-order valence-corrected chi connectivity index (χ4v) is 0.991. The van der Waals surface area contributed by atoms with Gasteiger partial charge in [0.1, 0.15) is 12.0 Å².